The monoisotopic (exact) mass is 334 g/mol. The molecule has 128 valence electrons. The molecule has 0 bridgehead atoms. The van der Waals surface area contributed by atoms with Crippen molar-refractivity contribution in [3.05, 3.63) is 83.4 Å². The van der Waals surface area contributed by atoms with Gasteiger partial charge in [-0.15, -0.1) is 0 Å². The number of hydrogen-bond acceptors (Lipinski definition) is 4. The Morgan fingerprint density at radius 2 is 1.12 bits per heavy atom. The fraction of sp³-hybridized carbons (Fsp3) is 0.143. The summed E-state index contributed by atoms with van der Waals surface area (Å²) in [6.45, 7) is 0. The third-order valence-corrected chi connectivity index (χ3v) is 4.31. The molecule has 4 nitrogen and oxygen atoms in total. The first-order valence-corrected chi connectivity index (χ1v) is 8.05. The van der Waals surface area contributed by atoms with Crippen molar-refractivity contribution in [2.45, 2.75) is 5.92 Å². The smallest absolute Gasteiger partial charge is 0.142 e. The molecular formula is C21H22N2O2. The molecule has 0 heterocycles. The zero-order chi connectivity index (χ0) is 17.8. The second kappa shape index (κ2) is 7.18. The van der Waals surface area contributed by atoms with Crippen LogP contribution < -0.4 is 20.9 Å². The van der Waals surface area contributed by atoms with Gasteiger partial charge in [-0.25, -0.2) is 0 Å². The summed E-state index contributed by atoms with van der Waals surface area (Å²) in [6, 6.07) is 22.1. The minimum Gasteiger partial charge on any atom is -0.495 e. The highest BCUT2D eigenvalue weighted by Crippen LogP contribution is 2.37. The van der Waals surface area contributed by atoms with Gasteiger partial charge in [0.25, 0.3) is 0 Å². The Morgan fingerprint density at radius 3 is 1.56 bits per heavy atom. The van der Waals surface area contributed by atoms with Crippen LogP contribution in [0.4, 0.5) is 11.4 Å². The molecule has 0 spiro atoms. The summed E-state index contributed by atoms with van der Waals surface area (Å²) in [7, 11) is 3.25. The van der Waals surface area contributed by atoms with Crippen molar-refractivity contribution >= 4 is 11.4 Å². The number of nitrogens with two attached hydrogens (primary N) is 2. The number of anilines is 2. The lowest BCUT2D eigenvalue weighted by molar-refractivity contribution is 0.415. The Balaban J connectivity index is 2.17. The normalized spacial score (nSPS) is 10.7. The summed E-state index contributed by atoms with van der Waals surface area (Å²) in [5.74, 6) is 1.35. The SMILES string of the molecule is COc1cc(C(c2ccccc2)c2ccc(N)c(OC)c2)ccc1N. The highest BCUT2D eigenvalue weighted by atomic mass is 16.5. The molecular weight excluding hydrogens is 312 g/mol. The van der Waals surface area contributed by atoms with Gasteiger partial charge in [-0.3, -0.25) is 0 Å². The molecule has 0 unspecified atom stereocenters. The van der Waals surface area contributed by atoms with Crippen molar-refractivity contribution < 1.29 is 9.47 Å². The highest BCUT2D eigenvalue weighted by Gasteiger charge is 2.19. The summed E-state index contributed by atoms with van der Waals surface area (Å²) in [5.41, 5.74) is 16.5. The van der Waals surface area contributed by atoms with Gasteiger partial charge in [-0.05, 0) is 41.0 Å². The van der Waals surface area contributed by atoms with Crippen molar-refractivity contribution in [3.63, 3.8) is 0 Å². The number of benzene rings is 3. The van der Waals surface area contributed by atoms with E-state index in [1.54, 1.807) is 14.2 Å². The molecule has 0 aliphatic heterocycles. The van der Waals surface area contributed by atoms with E-state index in [0.29, 0.717) is 22.9 Å². The minimum atomic E-state index is 0.0187. The van der Waals surface area contributed by atoms with Crippen LogP contribution in [0.1, 0.15) is 22.6 Å². The van der Waals surface area contributed by atoms with Crippen LogP contribution in [0.5, 0.6) is 11.5 Å². The van der Waals surface area contributed by atoms with E-state index in [9.17, 15) is 0 Å². The van der Waals surface area contributed by atoms with Crippen LogP contribution >= 0.6 is 0 Å². The van der Waals surface area contributed by atoms with Gasteiger partial charge in [0.1, 0.15) is 11.5 Å². The van der Waals surface area contributed by atoms with Gasteiger partial charge in [-0.2, -0.15) is 0 Å². The lowest BCUT2D eigenvalue weighted by Gasteiger charge is -2.21. The first-order valence-electron chi connectivity index (χ1n) is 8.05. The van der Waals surface area contributed by atoms with Crippen LogP contribution in [-0.2, 0) is 0 Å². The maximum Gasteiger partial charge on any atom is 0.142 e. The molecule has 0 radical (unpaired) electrons. The maximum atomic E-state index is 5.98. The second-order valence-electron chi connectivity index (χ2n) is 5.85. The molecule has 3 aromatic carbocycles. The largest absolute Gasteiger partial charge is 0.495 e. The summed E-state index contributed by atoms with van der Waals surface area (Å²) in [4.78, 5) is 0. The standard InChI is InChI=1S/C21H22N2O2/c1-24-19-12-15(8-10-17(19)22)21(14-6-4-3-5-7-14)16-9-11-18(23)20(13-16)25-2/h3-13,21H,22-23H2,1-2H3. The van der Waals surface area contributed by atoms with Crippen LogP contribution in [0.15, 0.2) is 66.7 Å². The van der Waals surface area contributed by atoms with Crippen molar-refractivity contribution in [3.8, 4) is 11.5 Å². The number of methoxy groups -OCH3 is 2. The van der Waals surface area contributed by atoms with E-state index in [2.05, 4.69) is 12.1 Å². The average molecular weight is 334 g/mol. The zero-order valence-corrected chi connectivity index (χ0v) is 14.4. The summed E-state index contributed by atoms with van der Waals surface area (Å²) < 4.78 is 10.8. The molecule has 0 atom stereocenters. The van der Waals surface area contributed by atoms with Crippen LogP contribution in [0, 0.1) is 0 Å². The van der Waals surface area contributed by atoms with E-state index in [1.165, 1.54) is 5.56 Å². The first kappa shape index (κ1) is 16.7. The molecule has 0 aliphatic carbocycles. The Morgan fingerprint density at radius 1 is 0.640 bits per heavy atom. The predicted molar refractivity (Wildman–Crippen MR) is 102 cm³/mol. The van der Waals surface area contributed by atoms with E-state index in [0.717, 1.165) is 11.1 Å². The Labute approximate surface area is 148 Å². The topological polar surface area (TPSA) is 70.5 Å². The molecule has 0 aromatic heterocycles. The number of rotatable bonds is 5. The van der Waals surface area contributed by atoms with Crippen molar-refractivity contribution in [2.24, 2.45) is 0 Å². The Bertz CT molecular complexity index is 810. The molecule has 0 saturated carbocycles. The summed E-state index contributed by atoms with van der Waals surface area (Å²) in [5, 5.41) is 0. The quantitative estimate of drug-likeness (QED) is 0.545. The van der Waals surface area contributed by atoms with Gasteiger partial charge in [-0.1, -0.05) is 42.5 Å². The number of ether oxygens (including phenoxy) is 2. The van der Waals surface area contributed by atoms with Gasteiger partial charge in [0, 0.05) is 5.92 Å². The number of hydrogen-bond donors (Lipinski definition) is 2. The van der Waals surface area contributed by atoms with Gasteiger partial charge < -0.3 is 20.9 Å². The second-order valence-corrected chi connectivity index (χ2v) is 5.85. The van der Waals surface area contributed by atoms with Gasteiger partial charge in [0.15, 0.2) is 0 Å². The highest BCUT2D eigenvalue weighted by molar-refractivity contribution is 5.59. The molecule has 0 fully saturated rings. The van der Waals surface area contributed by atoms with Crippen LogP contribution in [0.25, 0.3) is 0 Å². The van der Waals surface area contributed by atoms with Crippen molar-refractivity contribution in [1.82, 2.24) is 0 Å². The van der Waals surface area contributed by atoms with E-state index in [-0.39, 0.29) is 5.92 Å². The van der Waals surface area contributed by atoms with E-state index in [1.807, 2.05) is 54.6 Å². The Hall–Kier alpha value is -3.14. The van der Waals surface area contributed by atoms with E-state index < -0.39 is 0 Å². The van der Waals surface area contributed by atoms with Gasteiger partial charge >= 0.3 is 0 Å². The molecule has 4 N–H and O–H groups in total. The van der Waals surface area contributed by atoms with Crippen molar-refractivity contribution in [1.29, 1.82) is 0 Å². The average Bonchev–Trinajstić information content (AvgIpc) is 2.65. The molecule has 0 saturated heterocycles. The molecule has 0 aliphatic rings. The zero-order valence-electron chi connectivity index (χ0n) is 14.4. The molecule has 25 heavy (non-hydrogen) atoms. The third-order valence-electron chi connectivity index (χ3n) is 4.31. The van der Waals surface area contributed by atoms with Crippen LogP contribution in [0.2, 0.25) is 0 Å². The first-order chi connectivity index (χ1) is 12.1. The van der Waals surface area contributed by atoms with Crippen LogP contribution in [-0.4, -0.2) is 14.2 Å². The summed E-state index contributed by atoms with van der Waals surface area (Å²) in [6.07, 6.45) is 0. The lowest BCUT2D eigenvalue weighted by atomic mass is 9.85. The van der Waals surface area contributed by atoms with Crippen molar-refractivity contribution in [2.75, 3.05) is 25.7 Å². The third kappa shape index (κ3) is 3.38. The molecule has 3 rings (SSSR count). The molecule has 3 aromatic rings. The molecule has 0 amide bonds. The minimum absolute atomic E-state index is 0.0187. The predicted octanol–water partition coefficient (Wildman–Crippen LogP) is 4.05. The summed E-state index contributed by atoms with van der Waals surface area (Å²) >= 11 is 0. The maximum absolute atomic E-state index is 5.98. The van der Waals surface area contributed by atoms with Gasteiger partial charge in [0.2, 0.25) is 0 Å². The number of nitrogen functional groups attached to an aromatic ring is 2. The van der Waals surface area contributed by atoms with Crippen LogP contribution in [0.3, 0.4) is 0 Å². The molecule has 4 heteroatoms. The fourth-order valence-corrected chi connectivity index (χ4v) is 3.04. The lowest BCUT2D eigenvalue weighted by Crippen LogP contribution is -2.05. The van der Waals surface area contributed by atoms with Gasteiger partial charge in [0.05, 0.1) is 25.6 Å². The van der Waals surface area contributed by atoms with E-state index >= 15 is 0 Å². The Kier molecular flexibility index (Phi) is 4.80. The van der Waals surface area contributed by atoms with E-state index in [4.69, 9.17) is 20.9 Å². The fourth-order valence-electron chi connectivity index (χ4n) is 3.04.